The van der Waals surface area contributed by atoms with E-state index in [1.165, 1.54) is 38.6 Å². The summed E-state index contributed by atoms with van der Waals surface area (Å²) in [7, 11) is 1.93. The summed E-state index contributed by atoms with van der Waals surface area (Å²) in [5.74, 6) is 3.05. The van der Waals surface area contributed by atoms with Crippen LogP contribution in [0.15, 0.2) is 18.2 Å². The van der Waals surface area contributed by atoms with Crippen molar-refractivity contribution in [2.45, 2.75) is 38.1 Å². The molecule has 1 saturated heterocycles. The molecular formula is C14H21N3. The largest absolute Gasteiger partial charge is 0.373 e. The van der Waals surface area contributed by atoms with Gasteiger partial charge in [-0.3, -0.25) is 0 Å². The topological polar surface area (TPSA) is 28.2 Å². The van der Waals surface area contributed by atoms with E-state index in [0.717, 1.165) is 23.6 Å². The molecule has 2 atom stereocenters. The van der Waals surface area contributed by atoms with Crippen LogP contribution in [-0.4, -0.2) is 24.6 Å². The fraction of sp³-hybridized carbons (Fsp3) is 0.643. The zero-order valence-electron chi connectivity index (χ0n) is 10.5. The van der Waals surface area contributed by atoms with Crippen LogP contribution in [-0.2, 0) is 0 Å². The third-order valence-electron chi connectivity index (χ3n) is 4.29. The molecule has 1 aromatic heterocycles. The Bertz CT molecular complexity index is 391. The first-order valence-electron chi connectivity index (χ1n) is 6.80. The second-order valence-electron chi connectivity index (χ2n) is 5.22. The number of nitrogens with one attached hydrogen (secondary N) is 1. The molecule has 3 rings (SSSR count). The van der Waals surface area contributed by atoms with Crippen molar-refractivity contribution in [3.63, 3.8) is 0 Å². The lowest BCUT2D eigenvalue weighted by Gasteiger charge is -2.32. The maximum absolute atomic E-state index is 4.68. The minimum Gasteiger partial charge on any atom is -0.373 e. The molecule has 0 aromatic carbocycles. The summed E-state index contributed by atoms with van der Waals surface area (Å²) in [6, 6.07) is 7.03. The first-order chi connectivity index (χ1) is 8.38. The average Bonchev–Trinajstić information content (AvgIpc) is 2.82. The van der Waals surface area contributed by atoms with Crippen molar-refractivity contribution in [3.8, 4) is 0 Å². The second-order valence-corrected chi connectivity index (χ2v) is 5.22. The lowest BCUT2D eigenvalue weighted by Crippen LogP contribution is -2.35. The smallest absolute Gasteiger partial charge is 0.131 e. The summed E-state index contributed by atoms with van der Waals surface area (Å²) in [5, 5.41) is 3.13. The predicted octanol–water partition coefficient (Wildman–Crippen LogP) is 2.89. The van der Waals surface area contributed by atoms with Crippen molar-refractivity contribution in [1.29, 1.82) is 0 Å². The monoisotopic (exact) mass is 231 g/mol. The molecule has 1 N–H and O–H groups in total. The van der Waals surface area contributed by atoms with Crippen LogP contribution in [0, 0.1) is 5.92 Å². The summed E-state index contributed by atoms with van der Waals surface area (Å²) in [5.41, 5.74) is 0. The van der Waals surface area contributed by atoms with E-state index >= 15 is 0 Å². The normalized spacial score (nSPS) is 27.9. The molecule has 0 radical (unpaired) electrons. The number of hydrogen-bond donors (Lipinski definition) is 1. The maximum atomic E-state index is 4.68. The minimum absolute atomic E-state index is 0.753. The van der Waals surface area contributed by atoms with Gasteiger partial charge in [0, 0.05) is 19.6 Å². The number of rotatable bonds is 2. The average molecular weight is 231 g/mol. The molecule has 3 nitrogen and oxygen atoms in total. The lowest BCUT2D eigenvalue weighted by molar-refractivity contribution is 0.341. The van der Waals surface area contributed by atoms with Crippen LogP contribution in [0.4, 0.5) is 11.6 Å². The number of anilines is 2. The van der Waals surface area contributed by atoms with Gasteiger partial charge in [-0.1, -0.05) is 18.9 Å². The molecule has 2 heterocycles. The van der Waals surface area contributed by atoms with Gasteiger partial charge >= 0.3 is 0 Å². The Morgan fingerprint density at radius 1 is 1.24 bits per heavy atom. The summed E-state index contributed by atoms with van der Waals surface area (Å²) >= 11 is 0. The number of pyridine rings is 1. The Morgan fingerprint density at radius 2 is 2.12 bits per heavy atom. The number of hydrogen-bond acceptors (Lipinski definition) is 3. The molecule has 3 heteroatoms. The van der Waals surface area contributed by atoms with Crippen LogP contribution >= 0.6 is 0 Å². The Kier molecular flexibility index (Phi) is 2.91. The molecule has 1 aliphatic heterocycles. The van der Waals surface area contributed by atoms with Gasteiger partial charge in [0.05, 0.1) is 0 Å². The van der Waals surface area contributed by atoms with E-state index in [0.29, 0.717) is 0 Å². The first-order valence-corrected chi connectivity index (χ1v) is 6.80. The molecule has 2 fully saturated rings. The van der Waals surface area contributed by atoms with Gasteiger partial charge in [-0.2, -0.15) is 0 Å². The van der Waals surface area contributed by atoms with Crippen molar-refractivity contribution in [3.05, 3.63) is 18.2 Å². The van der Waals surface area contributed by atoms with Crippen molar-refractivity contribution >= 4 is 11.6 Å². The molecule has 0 amide bonds. The van der Waals surface area contributed by atoms with Crippen molar-refractivity contribution in [2.24, 2.45) is 5.92 Å². The zero-order chi connectivity index (χ0) is 11.7. The van der Waals surface area contributed by atoms with Crippen LogP contribution in [0.1, 0.15) is 32.1 Å². The highest BCUT2D eigenvalue weighted by molar-refractivity contribution is 5.48. The highest BCUT2D eigenvalue weighted by Crippen LogP contribution is 2.38. The van der Waals surface area contributed by atoms with Gasteiger partial charge in [-0.05, 0) is 37.3 Å². The SMILES string of the molecule is CNc1cccc(N2CCC3CCCCC32)n1. The van der Waals surface area contributed by atoms with E-state index in [1.54, 1.807) is 0 Å². The third kappa shape index (κ3) is 1.99. The van der Waals surface area contributed by atoms with Gasteiger partial charge in [-0.15, -0.1) is 0 Å². The predicted molar refractivity (Wildman–Crippen MR) is 71.5 cm³/mol. The lowest BCUT2D eigenvalue weighted by atomic mass is 9.85. The van der Waals surface area contributed by atoms with Crippen molar-refractivity contribution < 1.29 is 0 Å². The van der Waals surface area contributed by atoms with Crippen LogP contribution in [0.3, 0.4) is 0 Å². The standard InChI is InChI=1S/C14H21N3/c1-15-13-7-4-8-14(16-13)17-10-9-11-5-2-3-6-12(11)17/h4,7-8,11-12H,2-3,5-6,9-10H2,1H3,(H,15,16). The second kappa shape index (κ2) is 4.55. The van der Waals surface area contributed by atoms with Gasteiger partial charge < -0.3 is 10.2 Å². The van der Waals surface area contributed by atoms with Gasteiger partial charge in [0.1, 0.15) is 11.6 Å². The van der Waals surface area contributed by atoms with Crippen LogP contribution in [0.25, 0.3) is 0 Å². The molecule has 1 saturated carbocycles. The van der Waals surface area contributed by atoms with E-state index in [-0.39, 0.29) is 0 Å². The van der Waals surface area contributed by atoms with E-state index in [4.69, 9.17) is 0 Å². The van der Waals surface area contributed by atoms with Gasteiger partial charge in [0.25, 0.3) is 0 Å². The fourth-order valence-electron chi connectivity index (χ4n) is 3.41. The highest BCUT2D eigenvalue weighted by Gasteiger charge is 2.36. The zero-order valence-corrected chi connectivity index (χ0v) is 10.5. The molecule has 17 heavy (non-hydrogen) atoms. The molecular weight excluding hydrogens is 210 g/mol. The minimum atomic E-state index is 0.753. The number of aromatic nitrogens is 1. The Morgan fingerprint density at radius 3 is 3.00 bits per heavy atom. The van der Waals surface area contributed by atoms with E-state index in [1.807, 2.05) is 13.1 Å². The van der Waals surface area contributed by atoms with E-state index < -0.39 is 0 Å². The Labute approximate surface area is 103 Å². The van der Waals surface area contributed by atoms with Crippen LogP contribution in [0.2, 0.25) is 0 Å². The molecule has 2 unspecified atom stereocenters. The summed E-state index contributed by atoms with van der Waals surface area (Å²) < 4.78 is 0. The van der Waals surface area contributed by atoms with E-state index in [2.05, 4.69) is 27.3 Å². The van der Waals surface area contributed by atoms with Gasteiger partial charge in [-0.25, -0.2) is 4.98 Å². The van der Waals surface area contributed by atoms with Gasteiger partial charge in [0.2, 0.25) is 0 Å². The number of fused-ring (bicyclic) bond motifs is 1. The summed E-state index contributed by atoms with van der Waals surface area (Å²) in [6.45, 7) is 1.19. The summed E-state index contributed by atoms with van der Waals surface area (Å²) in [4.78, 5) is 7.21. The van der Waals surface area contributed by atoms with E-state index in [9.17, 15) is 0 Å². The van der Waals surface area contributed by atoms with Crippen molar-refractivity contribution in [1.82, 2.24) is 4.98 Å². The summed E-state index contributed by atoms with van der Waals surface area (Å²) in [6.07, 6.45) is 6.96. The molecule has 0 bridgehead atoms. The molecule has 1 aliphatic carbocycles. The van der Waals surface area contributed by atoms with Crippen LogP contribution in [0.5, 0.6) is 0 Å². The van der Waals surface area contributed by atoms with Gasteiger partial charge in [0.15, 0.2) is 0 Å². The quantitative estimate of drug-likeness (QED) is 0.848. The third-order valence-corrected chi connectivity index (χ3v) is 4.29. The highest BCUT2D eigenvalue weighted by atomic mass is 15.2. The Hall–Kier alpha value is -1.25. The molecule has 0 spiro atoms. The maximum Gasteiger partial charge on any atom is 0.131 e. The molecule has 1 aromatic rings. The molecule has 92 valence electrons. The fourth-order valence-corrected chi connectivity index (χ4v) is 3.41. The molecule has 2 aliphatic rings. The van der Waals surface area contributed by atoms with Crippen LogP contribution < -0.4 is 10.2 Å². The number of nitrogens with zero attached hydrogens (tertiary/aromatic N) is 2. The Balaban J connectivity index is 1.83. The first kappa shape index (κ1) is 10.9. The van der Waals surface area contributed by atoms with Crippen molar-refractivity contribution in [2.75, 3.05) is 23.8 Å².